The topological polar surface area (TPSA) is 35.9 Å². The fraction of sp³-hybridized carbons (Fsp3) is 0.429. The number of nitrogens with zero attached hydrogens (tertiary/aromatic N) is 2. The molecule has 1 atom stereocenters. The first-order valence-electron chi connectivity index (χ1n) is 9.15. The van der Waals surface area contributed by atoms with Gasteiger partial charge in [0.1, 0.15) is 0 Å². The molecule has 2 saturated heterocycles. The van der Waals surface area contributed by atoms with Gasteiger partial charge in [0.15, 0.2) is 0 Å². The Kier molecular flexibility index (Phi) is 5.13. The largest absolute Gasteiger partial charge is 0.395 e. The molecule has 25 heavy (non-hydrogen) atoms. The van der Waals surface area contributed by atoms with Gasteiger partial charge in [0.05, 0.1) is 31.9 Å². The predicted octanol–water partition coefficient (Wildman–Crippen LogP) is 2.15. The molecule has 0 aromatic heterocycles. The molecule has 0 aliphatic carbocycles. The molecule has 0 amide bonds. The minimum absolute atomic E-state index is 0.146. The molecule has 0 spiro atoms. The van der Waals surface area contributed by atoms with Crippen molar-refractivity contribution >= 4 is 0 Å². The maximum Gasteiger partial charge on any atom is 0.0645 e. The molecule has 4 nitrogen and oxygen atoms in total. The Labute approximate surface area is 149 Å². The maximum absolute atomic E-state index is 9.63. The zero-order valence-corrected chi connectivity index (χ0v) is 14.5. The molecule has 2 aromatic carbocycles. The third kappa shape index (κ3) is 3.48. The lowest BCUT2D eigenvalue weighted by atomic mass is 9.92. The van der Waals surface area contributed by atoms with E-state index < -0.39 is 0 Å². The van der Waals surface area contributed by atoms with E-state index in [2.05, 4.69) is 70.5 Å². The van der Waals surface area contributed by atoms with Crippen molar-refractivity contribution in [3.8, 4) is 0 Å². The number of hydrogen-bond donors (Lipinski definition) is 1. The van der Waals surface area contributed by atoms with E-state index in [1.165, 1.54) is 11.1 Å². The van der Waals surface area contributed by atoms with E-state index in [9.17, 15) is 5.11 Å². The van der Waals surface area contributed by atoms with Crippen LogP contribution in [-0.4, -0.2) is 66.4 Å². The van der Waals surface area contributed by atoms with E-state index in [4.69, 9.17) is 4.74 Å². The molecule has 0 bridgehead atoms. The number of likely N-dealkylation sites (tertiary alicyclic amines) is 1. The molecule has 1 N–H and O–H groups in total. The van der Waals surface area contributed by atoms with Gasteiger partial charge in [-0.3, -0.25) is 9.80 Å². The average molecular weight is 338 g/mol. The van der Waals surface area contributed by atoms with Crippen molar-refractivity contribution in [3.05, 3.63) is 71.8 Å². The van der Waals surface area contributed by atoms with E-state index in [1.807, 2.05) is 0 Å². The molecular weight excluding hydrogens is 312 g/mol. The number of rotatable bonds is 5. The third-order valence-corrected chi connectivity index (χ3v) is 5.44. The van der Waals surface area contributed by atoms with Crippen molar-refractivity contribution in [2.24, 2.45) is 0 Å². The van der Waals surface area contributed by atoms with Crippen LogP contribution in [0.1, 0.15) is 17.2 Å². The van der Waals surface area contributed by atoms with Gasteiger partial charge in [0, 0.05) is 25.7 Å². The first-order valence-corrected chi connectivity index (χ1v) is 9.15. The normalized spacial score (nSPS) is 22.9. The van der Waals surface area contributed by atoms with Gasteiger partial charge in [0.25, 0.3) is 0 Å². The maximum atomic E-state index is 9.63. The Balaban J connectivity index is 1.51. The van der Waals surface area contributed by atoms with Crippen molar-refractivity contribution in [2.45, 2.75) is 18.1 Å². The molecule has 0 saturated carbocycles. The summed E-state index contributed by atoms with van der Waals surface area (Å²) in [6.07, 6.45) is 0. The van der Waals surface area contributed by atoms with Crippen LogP contribution < -0.4 is 0 Å². The average Bonchev–Trinajstić information content (AvgIpc) is 2.66. The number of ether oxygens (including phenoxy) is 1. The van der Waals surface area contributed by atoms with Crippen LogP contribution in [0.25, 0.3) is 0 Å². The molecule has 4 heteroatoms. The summed E-state index contributed by atoms with van der Waals surface area (Å²) in [4.78, 5) is 4.98. The van der Waals surface area contributed by atoms with Crippen molar-refractivity contribution in [1.82, 2.24) is 9.80 Å². The quantitative estimate of drug-likeness (QED) is 0.906. The number of benzene rings is 2. The van der Waals surface area contributed by atoms with Crippen LogP contribution in [0.2, 0.25) is 0 Å². The summed E-state index contributed by atoms with van der Waals surface area (Å²) in [6.45, 7) is 4.58. The Bertz CT molecular complexity index is 619. The van der Waals surface area contributed by atoms with Crippen LogP contribution in [-0.2, 0) is 4.74 Å². The lowest BCUT2D eigenvalue weighted by molar-refractivity contribution is -0.0868. The summed E-state index contributed by atoms with van der Waals surface area (Å²) < 4.78 is 5.52. The van der Waals surface area contributed by atoms with Crippen molar-refractivity contribution in [2.75, 3.05) is 39.5 Å². The SMILES string of the molecule is OCC1COCCN1C1CN(C(c2ccccc2)c2ccccc2)C1. The van der Waals surface area contributed by atoms with Crippen molar-refractivity contribution < 1.29 is 9.84 Å². The van der Waals surface area contributed by atoms with Crippen LogP contribution in [0.4, 0.5) is 0 Å². The van der Waals surface area contributed by atoms with Gasteiger partial charge < -0.3 is 9.84 Å². The summed E-state index contributed by atoms with van der Waals surface area (Å²) in [5.74, 6) is 0. The predicted molar refractivity (Wildman–Crippen MR) is 98.5 cm³/mol. The van der Waals surface area contributed by atoms with E-state index >= 15 is 0 Å². The second-order valence-corrected chi connectivity index (χ2v) is 6.98. The summed E-state index contributed by atoms with van der Waals surface area (Å²) in [6, 6.07) is 22.4. The Morgan fingerprint density at radius 2 is 1.56 bits per heavy atom. The lowest BCUT2D eigenvalue weighted by Gasteiger charge is -2.52. The third-order valence-electron chi connectivity index (χ3n) is 5.44. The van der Waals surface area contributed by atoms with Gasteiger partial charge in [-0.05, 0) is 11.1 Å². The van der Waals surface area contributed by atoms with Gasteiger partial charge in [0.2, 0.25) is 0 Å². The highest BCUT2D eigenvalue weighted by Gasteiger charge is 2.40. The van der Waals surface area contributed by atoms with Gasteiger partial charge in [-0.25, -0.2) is 0 Å². The molecule has 2 fully saturated rings. The number of aliphatic hydroxyl groups is 1. The molecule has 0 radical (unpaired) electrons. The van der Waals surface area contributed by atoms with Crippen LogP contribution in [0.5, 0.6) is 0 Å². The van der Waals surface area contributed by atoms with E-state index in [-0.39, 0.29) is 12.6 Å². The summed E-state index contributed by atoms with van der Waals surface area (Å²) in [5.41, 5.74) is 2.68. The Morgan fingerprint density at radius 3 is 2.12 bits per heavy atom. The molecule has 4 rings (SSSR count). The first kappa shape index (κ1) is 16.7. The first-order chi connectivity index (χ1) is 12.4. The summed E-state index contributed by atoms with van der Waals surface area (Å²) >= 11 is 0. The minimum Gasteiger partial charge on any atom is -0.395 e. The number of hydrogen-bond acceptors (Lipinski definition) is 4. The summed E-state index contributed by atoms with van der Waals surface area (Å²) in [5, 5.41) is 9.63. The molecule has 2 aromatic rings. The lowest BCUT2D eigenvalue weighted by Crippen LogP contribution is -2.65. The van der Waals surface area contributed by atoms with Gasteiger partial charge in [-0.2, -0.15) is 0 Å². The van der Waals surface area contributed by atoms with Crippen LogP contribution in [0, 0.1) is 0 Å². The smallest absolute Gasteiger partial charge is 0.0645 e. The molecule has 2 aliphatic rings. The van der Waals surface area contributed by atoms with Crippen LogP contribution >= 0.6 is 0 Å². The van der Waals surface area contributed by atoms with Crippen molar-refractivity contribution in [1.29, 1.82) is 0 Å². The number of morpholine rings is 1. The second kappa shape index (κ2) is 7.67. The highest BCUT2D eigenvalue weighted by molar-refractivity contribution is 5.32. The zero-order chi connectivity index (χ0) is 17.1. The standard InChI is InChI=1S/C21H26N2O2/c24-15-20-16-25-12-11-23(20)19-13-22(14-19)21(17-7-3-1-4-8-17)18-9-5-2-6-10-18/h1-10,19-21,24H,11-16H2. The summed E-state index contributed by atoms with van der Waals surface area (Å²) in [7, 11) is 0. The van der Waals surface area contributed by atoms with E-state index in [1.54, 1.807) is 0 Å². The van der Waals surface area contributed by atoms with Gasteiger partial charge in [-0.1, -0.05) is 60.7 Å². The fourth-order valence-electron chi connectivity index (χ4n) is 4.10. The fourth-order valence-corrected chi connectivity index (χ4v) is 4.10. The Hall–Kier alpha value is -1.72. The van der Waals surface area contributed by atoms with Gasteiger partial charge in [-0.15, -0.1) is 0 Å². The Morgan fingerprint density at radius 1 is 0.960 bits per heavy atom. The van der Waals surface area contributed by atoms with Crippen LogP contribution in [0.15, 0.2) is 60.7 Å². The molecule has 132 valence electrons. The number of aliphatic hydroxyl groups excluding tert-OH is 1. The van der Waals surface area contributed by atoms with E-state index in [0.717, 1.165) is 26.2 Å². The van der Waals surface area contributed by atoms with Crippen molar-refractivity contribution in [3.63, 3.8) is 0 Å². The molecule has 2 heterocycles. The van der Waals surface area contributed by atoms with Crippen LogP contribution in [0.3, 0.4) is 0 Å². The monoisotopic (exact) mass is 338 g/mol. The minimum atomic E-state index is 0.146. The molecule has 1 unspecified atom stereocenters. The highest BCUT2D eigenvalue weighted by Crippen LogP contribution is 2.34. The highest BCUT2D eigenvalue weighted by atomic mass is 16.5. The second-order valence-electron chi connectivity index (χ2n) is 6.98. The van der Waals surface area contributed by atoms with Gasteiger partial charge >= 0.3 is 0 Å². The zero-order valence-electron chi connectivity index (χ0n) is 14.5. The molecular formula is C21H26N2O2. The molecule has 2 aliphatic heterocycles. The van der Waals surface area contributed by atoms with E-state index in [0.29, 0.717) is 18.7 Å².